The fraction of sp³-hybridized carbons (Fsp3) is 0.250. The third-order valence-electron chi connectivity index (χ3n) is 3.88. The number of rotatable bonds is 5. The van der Waals surface area contributed by atoms with E-state index in [0.29, 0.717) is 24.2 Å². The van der Waals surface area contributed by atoms with E-state index in [-0.39, 0.29) is 17.1 Å². The van der Waals surface area contributed by atoms with Crippen molar-refractivity contribution in [3.8, 4) is 5.75 Å². The van der Waals surface area contributed by atoms with Crippen molar-refractivity contribution >= 4 is 21.7 Å². The summed E-state index contributed by atoms with van der Waals surface area (Å²) >= 11 is 0. The number of carboxylic acids is 1. The second-order valence-electron chi connectivity index (χ2n) is 5.39. The molecule has 3 rings (SSSR count). The van der Waals surface area contributed by atoms with Crippen molar-refractivity contribution in [3.05, 3.63) is 47.8 Å². The summed E-state index contributed by atoms with van der Waals surface area (Å²) in [5.41, 5.74) is 1.86. The Morgan fingerprint density at radius 1 is 1.38 bits per heavy atom. The minimum Gasteiger partial charge on any atom is -0.495 e. The Morgan fingerprint density at radius 2 is 2.17 bits per heavy atom. The fourth-order valence-corrected chi connectivity index (χ4v) is 4.49. The molecule has 1 aromatic heterocycles. The monoisotopic (exact) mass is 348 g/mol. The molecule has 1 aromatic carbocycles. The molecule has 7 nitrogen and oxygen atoms in total. The molecule has 0 radical (unpaired) electrons. The van der Waals surface area contributed by atoms with Gasteiger partial charge in [-0.2, -0.15) is 0 Å². The number of benzene rings is 1. The van der Waals surface area contributed by atoms with Crippen LogP contribution >= 0.6 is 0 Å². The minimum atomic E-state index is -3.87. The molecule has 0 fully saturated rings. The third kappa shape index (κ3) is 2.80. The maximum Gasteiger partial charge on any atom is 0.307 e. The Morgan fingerprint density at radius 3 is 2.88 bits per heavy atom. The zero-order valence-corrected chi connectivity index (χ0v) is 13.8. The maximum atomic E-state index is 13.1. The van der Waals surface area contributed by atoms with Gasteiger partial charge in [-0.3, -0.25) is 14.1 Å². The number of sulfonamides is 1. The number of fused-ring (bicyclic) bond motifs is 1. The normalized spacial score (nSPS) is 13.6. The summed E-state index contributed by atoms with van der Waals surface area (Å²) in [5.74, 6) is -0.840. The number of methoxy groups -OCH3 is 1. The predicted molar refractivity (Wildman–Crippen MR) is 86.8 cm³/mol. The van der Waals surface area contributed by atoms with E-state index in [0.717, 1.165) is 5.56 Å². The lowest BCUT2D eigenvalue weighted by atomic mass is 10.1. The Hall–Kier alpha value is -2.61. The molecule has 24 heavy (non-hydrogen) atoms. The lowest BCUT2D eigenvalue weighted by Gasteiger charge is -2.21. The van der Waals surface area contributed by atoms with E-state index in [4.69, 9.17) is 9.84 Å². The van der Waals surface area contributed by atoms with Gasteiger partial charge in [0.15, 0.2) is 0 Å². The summed E-state index contributed by atoms with van der Waals surface area (Å²) in [6.45, 7) is 0.315. The Kier molecular flexibility index (Phi) is 4.15. The molecule has 0 saturated heterocycles. The topological polar surface area (TPSA) is 96.8 Å². The fourth-order valence-electron chi connectivity index (χ4n) is 2.77. The van der Waals surface area contributed by atoms with Crippen LogP contribution in [-0.4, -0.2) is 38.1 Å². The van der Waals surface area contributed by atoms with Crippen LogP contribution in [0.25, 0.3) is 0 Å². The molecule has 0 spiro atoms. The highest BCUT2D eigenvalue weighted by Crippen LogP contribution is 2.35. The molecule has 1 N–H and O–H groups in total. The highest BCUT2D eigenvalue weighted by Gasteiger charge is 2.33. The van der Waals surface area contributed by atoms with Gasteiger partial charge in [0, 0.05) is 18.9 Å². The van der Waals surface area contributed by atoms with Crippen LogP contribution in [0.1, 0.15) is 11.1 Å². The van der Waals surface area contributed by atoms with Gasteiger partial charge in [-0.1, -0.05) is 6.07 Å². The SMILES string of the molecule is COc1ccc(CC(=O)O)cc1S(=O)(=O)N1CCc2cnccc21. The summed E-state index contributed by atoms with van der Waals surface area (Å²) < 4.78 is 32.7. The lowest BCUT2D eigenvalue weighted by molar-refractivity contribution is -0.136. The number of hydrogen-bond donors (Lipinski definition) is 1. The van der Waals surface area contributed by atoms with Crippen molar-refractivity contribution in [2.24, 2.45) is 0 Å². The van der Waals surface area contributed by atoms with E-state index in [1.54, 1.807) is 24.5 Å². The first-order valence-electron chi connectivity index (χ1n) is 7.28. The molecule has 0 atom stereocenters. The van der Waals surface area contributed by atoms with Gasteiger partial charge >= 0.3 is 5.97 Å². The molecule has 0 saturated carbocycles. The van der Waals surface area contributed by atoms with Crippen molar-refractivity contribution < 1.29 is 23.1 Å². The van der Waals surface area contributed by atoms with E-state index in [1.165, 1.54) is 23.5 Å². The number of ether oxygens (including phenoxy) is 1. The highest BCUT2D eigenvalue weighted by molar-refractivity contribution is 7.93. The van der Waals surface area contributed by atoms with Crippen molar-refractivity contribution in [1.82, 2.24) is 4.98 Å². The number of anilines is 1. The summed E-state index contributed by atoms with van der Waals surface area (Å²) in [5, 5.41) is 8.93. The number of aliphatic carboxylic acids is 1. The van der Waals surface area contributed by atoms with Gasteiger partial charge in [0.05, 0.1) is 19.2 Å². The molecular formula is C16H16N2O5S. The smallest absolute Gasteiger partial charge is 0.307 e. The summed E-state index contributed by atoms with van der Waals surface area (Å²) in [4.78, 5) is 14.9. The molecule has 2 aromatic rings. The van der Waals surface area contributed by atoms with E-state index in [9.17, 15) is 13.2 Å². The largest absolute Gasteiger partial charge is 0.495 e. The van der Waals surface area contributed by atoms with Crippen molar-refractivity contribution in [3.63, 3.8) is 0 Å². The van der Waals surface area contributed by atoms with Gasteiger partial charge in [-0.15, -0.1) is 0 Å². The van der Waals surface area contributed by atoms with Crippen LogP contribution in [0, 0.1) is 0 Å². The third-order valence-corrected chi connectivity index (χ3v) is 5.72. The second-order valence-corrected chi connectivity index (χ2v) is 7.22. The number of pyridine rings is 1. The van der Waals surface area contributed by atoms with Gasteiger partial charge in [-0.25, -0.2) is 8.42 Å². The summed E-state index contributed by atoms with van der Waals surface area (Å²) in [6.07, 6.45) is 3.53. The van der Waals surface area contributed by atoms with Gasteiger partial charge in [0.25, 0.3) is 10.0 Å². The van der Waals surface area contributed by atoms with Gasteiger partial charge in [0.1, 0.15) is 10.6 Å². The molecule has 0 aliphatic carbocycles. The Labute approximate surface area is 139 Å². The van der Waals surface area contributed by atoms with Gasteiger partial charge in [-0.05, 0) is 35.7 Å². The van der Waals surface area contributed by atoms with Crippen LogP contribution in [0.5, 0.6) is 5.75 Å². The molecular weight excluding hydrogens is 332 g/mol. The molecule has 1 aliphatic heterocycles. The minimum absolute atomic E-state index is 0.0339. The van der Waals surface area contributed by atoms with Gasteiger partial charge in [0.2, 0.25) is 0 Å². The Bertz CT molecular complexity index is 895. The van der Waals surface area contributed by atoms with E-state index in [2.05, 4.69) is 4.98 Å². The standard InChI is InChI=1S/C16H16N2O5S/c1-23-14-3-2-11(9-16(19)20)8-15(14)24(21,22)18-7-5-12-10-17-6-4-13(12)18/h2-4,6,8,10H,5,7,9H2,1H3,(H,19,20). The molecule has 1 aliphatic rings. The number of aromatic nitrogens is 1. The first-order valence-corrected chi connectivity index (χ1v) is 8.72. The summed E-state index contributed by atoms with van der Waals surface area (Å²) in [6, 6.07) is 6.05. The zero-order valence-electron chi connectivity index (χ0n) is 13.0. The molecule has 0 bridgehead atoms. The maximum absolute atomic E-state index is 13.1. The van der Waals surface area contributed by atoms with E-state index >= 15 is 0 Å². The van der Waals surface area contributed by atoms with Crippen molar-refractivity contribution in [2.75, 3.05) is 18.0 Å². The number of carboxylic acid groups (broad SMARTS) is 1. The van der Waals surface area contributed by atoms with Crippen LogP contribution in [0.15, 0.2) is 41.6 Å². The zero-order chi connectivity index (χ0) is 17.3. The average molecular weight is 348 g/mol. The van der Waals surface area contributed by atoms with Crippen LogP contribution in [0.2, 0.25) is 0 Å². The van der Waals surface area contributed by atoms with Crippen molar-refractivity contribution in [1.29, 1.82) is 0 Å². The molecule has 8 heteroatoms. The van der Waals surface area contributed by atoms with Crippen LogP contribution in [0.4, 0.5) is 5.69 Å². The second kappa shape index (κ2) is 6.12. The predicted octanol–water partition coefficient (Wildman–Crippen LogP) is 1.47. The average Bonchev–Trinajstić information content (AvgIpc) is 2.99. The first-order chi connectivity index (χ1) is 11.4. The van der Waals surface area contributed by atoms with Crippen LogP contribution in [-0.2, 0) is 27.7 Å². The molecule has 0 unspecified atom stereocenters. The lowest BCUT2D eigenvalue weighted by Crippen LogP contribution is -2.29. The Balaban J connectivity index is 2.08. The highest BCUT2D eigenvalue weighted by atomic mass is 32.2. The number of carbonyl (C=O) groups is 1. The van der Waals surface area contributed by atoms with Crippen molar-refractivity contribution in [2.45, 2.75) is 17.7 Å². The first kappa shape index (κ1) is 16.3. The van der Waals surface area contributed by atoms with E-state index < -0.39 is 16.0 Å². The van der Waals surface area contributed by atoms with Crippen LogP contribution < -0.4 is 9.04 Å². The molecule has 126 valence electrons. The van der Waals surface area contributed by atoms with Crippen LogP contribution in [0.3, 0.4) is 0 Å². The van der Waals surface area contributed by atoms with E-state index in [1.807, 2.05) is 0 Å². The number of hydrogen-bond acceptors (Lipinski definition) is 5. The number of nitrogens with zero attached hydrogens (tertiary/aromatic N) is 2. The molecule has 2 heterocycles. The molecule has 0 amide bonds. The summed E-state index contributed by atoms with van der Waals surface area (Å²) in [7, 11) is -2.48. The quantitative estimate of drug-likeness (QED) is 0.879. The van der Waals surface area contributed by atoms with Gasteiger partial charge < -0.3 is 9.84 Å².